The maximum absolute atomic E-state index is 5.97. The summed E-state index contributed by atoms with van der Waals surface area (Å²) in [5.41, 5.74) is 0.590. The summed E-state index contributed by atoms with van der Waals surface area (Å²) in [7, 11) is 6.99. The molecule has 4 rings (SSSR count). The van der Waals surface area contributed by atoms with Crippen molar-refractivity contribution in [3.05, 3.63) is 41.8 Å². The molecule has 2 fully saturated rings. The molecule has 2 aliphatic rings. The Morgan fingerprint density at radius 2 is 1.03 bits per heavy atom. The molecule has 2 aromatic heterocycles. The van der Waals surface area contributed by atoms with Crippen molar-refractivity contribution in [3.63, 3.8) is 0 Å². The van der Waals surface area contributed by atoms with Crippen molar-refractivity contribution in [1.82, 2.24) is 15.3 Å². The first-order valence-corrected chi connectivity index (χ1v) is 12.9. The minimum absolute atomic E-state index is 0.308. The van der Waals surface area contributed by atoms with Gasteiger partial charge in [0.2, 0.25) is 0 Å². The van der Waals surface area contributed by atoms with E-state index in [1.165, 1.54) is 0 Å². The standard InChI is InChI=1S/C13H21BN2O2.C11H15BClNO2.C2H7N/c1-12(2)13(3,4)18-14(17-12)10-7-8-11(15-9-10)16(5)6;1-10(2)11(3,4)16-12(15-10)8-5-6-9(13)14-7-8;1-3-2/h7-9H,1-6H3;5-7H,1-4H3;3H,1-2H3. The summed E-state index contributed by atoms with van der Waals surface area (Å²) in [5, 5.41) is 3.22. The Bertz CT molecular complexity index is 971. The van der Waals surface area contributed by atoms with E-state index in [0.29, 0.717) is 5.15 Å². The average Bonchev–Trinajstić information content (AvgIpc) is 3.15. The Labute approximate surface area is 229 Å². The fraction of sp³-hybridized carbons (Fsp3) is 0.615. The molecule has 8 nitrogen and oxygen atoms in total. The van der Waals surface area contributed by atoms with Gasteiger partial charge >= 0.3 is 14.2 Å². The zero-order valence-electron chi connectivity index (χ0n) is 24.5. The molecule has 2 aromatic rings. The van der Waals surface area contributed by atoms with Gasteiger partial charge in [0.15, 0.2) is 0 Å². The lowest BCUT2D eigenvalue weighted by molar-refractivity contribution is 0.00578. The second-order valence-electron chi connectivity index (χ2n) is 11.4. The third kappa shape index (κ3) is 7.68. The van der Waals surface area contributed by atoms with Gasteiger partial charge in [0.05, 0.1) is 22.4 Å². The highest BCUT2D eigenvalue weighted by Gasteiger charge is 2.52. The molecule has 0 aromatic carbocycles. The van der Waals surface area contributed by atoms with Gasteiger partial charge in [0.25, 0.3) is 0 Å². The first-order chi connectivity index (χ1) is 17.0. The van der Waals surface area contributed by atoms with Crippen LogP contribution in [0.5, 0.6) is 0 Å². The molecule has 0 unspecified atom stereocenters. The van der Waals surface area contributed by atoms with E-state index in [0.717, 1.165) is 16.7 Å². The van der Waals surface area contributed by atoms with E-state index in [9.17, 15) is 0 Å². The maximum Gasteiger partial charge on any atom is 0.496 e. The minimum Gasteiger partial charge on any atom is -0.399 e. The topological polar surface area (TPSA) is 78.0 Å². The van der Waals surface area contributed by atoms with Crippen LogP contribution in [-0.4, -0.2) is 74.8 Å². The molecule has 11 heteroatoms. The molecule has 2 saturated heterocycles. The van der Waals surface area contributed by atoms with Crippen molar-refractivity contribution < 1.29 is 18.6 Å². The third-order valence-corrected chi connectivity index (χ3v) is 7.25. The lowest BCUT2D eigenvalue weighted by atomic mass is 9.80. The van der Waals surface area contributed by atoms with E-state index in [4.69, 9.17) is 30.2 Å². The molecule has 37 heavy (non-hydrogen) atoms. The van der Waals surface area contributed by atoms with Gasteiger partial charge in [-0.05, 0) is 81.6 Å². The number of hydrogen-bond acceptors (Lipinski definition) is 8. The molecular weight excluding hydrogens is 489 g/mol. The van der Waals surface area contributed by atoms with Crippen LogP contribution in [0.2, 0.25) is 5.15 Å². The van der Waals surface area contributed by atoms with Crippen molar-refractivity contribution in [1.29, 1.82) is 0 Å². The summed E-state index contributed by atoms with van der Waals surface area (Å²) in [6, 6.07) is 7.59. The number of nitrogens with one attached hydrogen (secondary N) is 1. The zero-order valence-corrected chi connectivity index (χ0v) is 25.2. The Kier molecular flexibility index (Phi) is 10.2. The number of anilines is 1. The Hall–Kier alpha value is -1.68. The predicted molar refractivity (Wildman–Crippen MR) is 154 cm³/mol. The van der Waals surface area contributed by atoms with Crippen molar-refractivity contribution in [2.75, 3.05) is 33.1 Å². The fourth-order valence-electron chi connectivity index (χ4n) is 3.29. The minimum atomic E-state index is -0.366. The molecule has 0 radical (unpaired) electrons. The van der Waals surface area contributed by atoms with Gasteiger partial charge in [0.1, 0.15) is 11.0 Å². The summed E-state index contributed by atoms with van der Waals surface area (Å²) in [6.45, 7) is 16.3. The fourth-order valence-corrected chi connectivity index (χ4v) is 3.40. The summed E-state index contributed by atoms with van der Waals surface area (Å²) in [6.07, 6.45) is 3.50. The molecule has 0 saturated carbocycles. The second kappa shape index (κ2) is 12.0. The van der Waals surface area contributed by atoms with Crippen molar-refractivity contribution in [2.45, 2.75) is 77.8 Å². The van der Waals surface area contributed by atoms with Crippen LogP contribution in [0.25, 0.3) is 0 Å². The highest BCUT2D eigenvalue weighted by Crippen LogP contribution is 2.37. The number of pyridine rings is 2. The Balaban J connectivity index is 0.000000237. The largest absolute Gasteiger partial charge is 0.496 e. The van der Waals surface area contributed by atoms with E-state index in [-0.39, 0.29) is 36.6 Å². The molecule has 204 valence electrons. The van der Waals surface area contributed by atoms with E-state index in [2.05, 4.69) is 43.0 Å². The lowest BCUT2D eigenvalue weighted by Gasteiger charge is -2.32. The predicted octanol–water partition coefficient (Wildman–Crippen LogP) is 3.32. The van der Waals surface area contributed by atoms with Gasteiger partial charge in [-0.3, -0.25) is 0 Å². The van der Waals surface area contributed by atoms with E-state index >= 15 is 0 Å². The van der Waals surface area contributed by atoms with Crippen LogP contribution in [0, 0.1) is 0 Å². The first-order valence-electron chi connectivity index (χ1n) is 12.5. The molecule has 0 atom stereocenters. The van der Waals surface area contributed by atoms with Crippen LogP contribution in [0.3, 0.4) is 0 Å². The molecular formula is C26H43B2ClN4O4. The summed E-state index contributed by atoms with van der Waals surface area (Å²) in [5.74, 6) is 0.926. The molecule has 0 aliphatic carbocycles. The number of nitrogens with zero attached hydrogens (tertiary/aromatic N) is 3. The molecule has 2 aliphatic heterocycles. The molecule has 1 N–H and O–H groups in total. The monoisotopic (exact) mass is 532 g/mol. The van der Waals surface area contributed by atoms with Gasteiger partial charge < -0.3 is 28.8 Å². The first kappa shape index (κ1) is 31.5. The summed E-state index contributed by atoms with van der Waals surface area (Å²) in [4.78, 5) is 10.4. The molecule has 0 spiro atoms. The van der Waals surface area contributed by atoms with Gasteiger partial charge in [-0.25, -0.2) is 9.97 Å². The van der Waals surface area contributed by atoms with Crippen LogP contribution in [-0.2, 0) is 18.6 Å². The normalized spacial score (nSPS) is 20.5. The molecule has 0 bridgehead atoms. The highest BCUT2D eigenvalue weighted by atomic mass is 35.5. The van der Waals surface area contributed by atoms with Gasteiger partial charge in [-0.2, -0.15) is 0 Å². The average molecular weight is 533 g/mol. The summed E-state index contributed by atoms with van der Waals surface area (Å²) < 4.78 is 23.7. The third-order valence-electron chi connectivity index (χ3n) is 7.03. The molecule has 0 amide bonds. The van der Waals surface area contributed by atoms with Gasteiger partial charge in [0, 0.05) is 37.4 Å². The second-order valence-corrected chi connectivity index (χ2v) is 11.8. The van der Waals surface area contributed by atoms with E-state index < -0.39 is 0 Å². The number of halogens is 1. The highest BCUT2D eigenvalue weighted by molar-refractivity contribution is 6.62. The van der Waals surface area contributed by atoms with Crippen LogP contribution < -0.4 is 21.1 Å². The number of hydrogen-bond donors (Lipinski definition) is 1. The van der Waals surface area contributed by atoms with E-state index in [1.807, 2.05) is 85.2 Å². The van der Waals surface area contributed by atoms with E-state index in [1.54, 1.807) is 12.3 Å². The lowest BCUT2D eigenvalue weighted by Crippen LogP contribution is -2.41. The van der Waals surface area contributed by atoms with Crippen LogP contribution >= 0.6 is 11.6 Å². The van der Waals surface area contributed by atoms with Crippen LogP contribution in [0.4, 0.5) is 5.82 Å². The zero-order chi connectivity index (χ0) is 28.2. The quantitative estimate of drug-likeness (QED) is 0.477. The summed E-state index contributed by atoms with van der Waals surface area (Å²) >= 11 is 5.74. The molecule has 4 heterocycles. The van der Waals surface area contributed by atoms with Crippen LogP contribution in [0.15, 0.2) is 36.7 Å². The van der Waals surface area contributed by atoms with Crippen molar-refractivity contribution in [2.24, 2.45) is 0 Å². The Morgan fingerprint density at radius 1 is 0.676 bits per heavy atom. The van der Waals surface area contributed by atoms with Gasteiger partial charge in [-0.1, -0.05) is 23.7 Å². The van der Waals surface area contributed by atoms with Crippen molar-refractivity contribution >= 4 is 42.6 Å². The van der Waals surface area contributed by atoms with Gasteiger partial charge in [-0.15, -0.1) is 0 Å². The van der Waals surface area contributed by atoms with Crippen LogP contribution in [0.1, 0.15) is 55.4 Å². The number of rotatable bonds is 3. The van der Waals surface area contributed by atoms with Crippen molar-refractivity contribution in [3.8, 4) is 0 Å². The maximum atomic E-state index is 5.97. The smallest absolute Gasteiger partial charge is 0.399 e. The Morgan fingerprint density at radius 3 is 1.30 bits per heavy atom. The SMILES string of the molecule is CC1(C)OB(c2ccc(Cl)nc2)OC1(C)C.CN(C)c1ccc(B2OC(C)(C)C(C)(C)O2)cn1.CNC. The number of aromatic nitrogens is 2.